The van der Waals surface area contributed by atoms with Gasteiger partial charge in [0.2, 0.25) is 11.8 Å². The van der Waals surface area contributed by atoms with Crippen LogP contribution in [0.2, 0.25) is 0 Å². The molecule has 1 heterocycles. The first-order chi connectivity index (χ1) is 8.71. The van der Waals surface area contributed by atoms with Crippen molar-refractivity contribution >= 4 is 11.8 Å². The molecule has 0 aromatic rings. The van der Waals surface area contributed by atoms with Crippen LogP contribution in [0.3, 0.4) is 0 Å². The van der Waals surface area contributed by atoms with Crippen LogP contribution >= 0.6 is 0 Å². The molecule has 2 amide bonds. The van der Waals surface area contributed by atoms with Crippen molar-refractivity contribution in [3.63, 3.8) is 0 Å². The van der Waals surface area contributed by atoms with Gasteiger partial charge in [-0.25, -0.2) is 0 Å². The summed E-state index contributed by atoms with van der Waals surface area (Å²) in [5.41, 5.74) is -0.330. The quantitative estimate of drug-likeness (QED) is 0.787. The summed E-state index contributed by atoms with van der Waals surface area (Å²) in [5.74, 6) is 0.978. The predicted octanol–water partition coefficient (Wildman–Crippen LogP) is 2.14. The lowest BCUT2D eigenvalue weighted by Gasteiger charge is -2.37. The van der Waals surface area contributed by atoms with Gasteiger partial charge in [0.1, 0.15) is 0 Å². The molecule has 0 saturated carbocycles. The second-order valence-electron chi connectivity index (χ2n) is 6.86. The minimum absolute atomic E-state index is 0.182. The van der Waals surface area contributed by atoms with Gasteiger partial charge >= 0.3 is 0 Å². The third kappa shape index (κ3) is 4.84. The van der Waals surface area contributed by atoms with Gasteiger partial charge in [0.25, 0.3) is 0 Å². The summed E-state index contributed by atoms with van der Waals surface area (Å²) < 4.78 is 0. The Morgan fingerprint density at radius 2 is 1.47 bits per heavy atom. The molecule has 1 aliphatic heterocycles. The van der Waals surface area contributed by atoms with Crippen LogP contribution in [-0.2, 0) is 9.59 Å². The Kier molecular flexibility index (Phi) is 5.39. The molecular formula is C15H28N2O2. The van der Waals surface area contributed by atoms with E-state index in [4.69, 9.17) is 0 Å². The largest absolute Gasteiger partial charge is 0.339 e. The first-order valence-electron chi connectivity index (χ1n) is 7.29. The fourth-order valence-corrected chi connectivity index (χ4v) is 2.20. The van der Waals surface area contributed by atoms with Gasteiger partial charge in [0.05, 0.1) is 0 Å². The number of rotatable bonds is 3. The van der Waals surface area contributed by atoms with Crippen LogP contribution in [0.5, 0.6) is 0 Å². The van der Waals surface area contributed by atoms with Gasteiger partial charge < -0.3 is 9.80 Å². The number of nitrogens with zero attached hydrogens (tertiary/aromatic N) is 2. The van der Waals surface area contributed by atoms with E-state index in [1.807, 2.05) is 30.6 Å². The molecule has 1 saturated heterocycles. The molecule has 1 fully saturated rings. The maximum absolute atomic E-state index is 12.1. The molecule has 19 heavy (non-hydrogen) atoms. The molecule has 0 N–H and O–H groups in total. The molecule has 0 bridgehead atoms. The molecule has 4 heteroatoms. The first kappa shape index (κ1) is 16.0. The van der Waals surface area contributed by atoms with E-state index in [9.17, 15) is 9.59 Å². The zero-order valence-electron chi connectivity index (χ0n) is 13.0. The standard InChI is InChI=1S/C15H28N2O2/c1-12(2)6-7-13(18)16-8-10-17(11-9-16)14(19)15(3,4)5/h12H,6-11H2,1-5H3. The second-order valence-corrected chi connectivity index (χ2v) is 6.86. The molecule has 4 nitrogen and oxygen atoms in total. The molecule has 0 aromatic heterocycles. The van der Waals surface area contributed by atoms with Crippen molar-refractivity contribution in [3.8, 4) is 0 Å². The zero-order valence-corrected chi connectivity index (χ0v) is 13.0. The average molecular weight is 268 g/mol. The maximum atomic E-state index is 12.1. The SMILES string of the molecule is CC(C)CCC(=O)N1CCN(C(=O)C(C)(C)C)CC1. The van der Waals surface area contributed by atoms with Crippen LogP contribution in [0.25, 0.3) is 0 Å². The van der Waals surface area contributed by atoms with E-state index in [1.54, 1.807) is 0 Å². The smallest absolute Gasteiger partial charge is 0.228 e. The van der Waals surface area contributed by atoms with Gasteiger partial charge in [-0.2, -0.15) is 0 Å². The topological polar surface area (TPSA) is 40.6 Å². The minimum atomic E-state index is -0.330. The fraction of sp³-hybridized carbons (Fsp3) is 0.867. The highest BCUT2D eigenvalue weighted by Gasteiger charge is 2.30. The van der Waals surface area contributed by atoms with Gasteiger partial charge in [0, 0.05) is 38.0 Å². The summed E-state index contributed by atoms with van der Waals surface area (Å²) in [7, 11) is 0. The Hall–Kier alpha value is -1.06. The predicted molar refractivity (Wildman–Crippen MR) is 76.7 cm³/mol. The highest BCUT2D eigenvalue weighted by Crippen LogP contribution is 2.19. The number of amides is 2. The summed E-state index contributed by atoms with van der Waals surface area (Å²) in [6, 6.07) is 0. The lowest BCUT2D eigenvalue weighted by atomic mass is 9.94. The van der Waals surface area contributed by atoms with Crippen molar-refractivity contribution in [3.05, 3.63) is 0 Å². The Labute approximate surface area is 117 Å². The van der Waals surface area contributed by atoms with Crippen LogP contribution < -0.4 is 0 Å². The van der Waals surface area contributed by atoms with Crippen LogP contribution in [0.1, 0.15) is 47.5 Å². The van der Waals surface area contributed by atoms with Crippen LogP contribution in [0.15, 0.2) is 0 Å². The molecule has 1 rings (SSSR count). The van der Waals surface area contributed by atoms with Crippen LogP contribution in [0.4, 0.5) is 0 Å². The Morgan fingerprint density at radius 1 is 1.00 bits per heavy atom. The molecule has 0 radical (unpaired) electrons. The summed E-state index contributed by atoms with van der Waals surface area (Å²) >= 11 is 0. The molecule has 0 spiro atoms. The van der Waals surface area contributed by atoms with Crippen molar-refractivity contribution in [1.29, 1.82) is 0 Å². The van der Waals surface area contributed by atoms with Crippen LogP contribution in [0, 0.1) is 11.3 Å². The summed E-state index contributed by atoms with van der Waals surface area (Å²) in [4.78, 5) is 27.9. The van der Waals surface area contributed by atoms with E-state index < -0.39 is 0 Å². The molecule has 0 atom stereocenters. The normalized spacial score (nSPS) is 16.9. The van der Waals surface area contributed by atoms with Gasteiger partial charge in [-0.3, -0.25) is 9.59 Å². The Bertz CT molecular complexity index is 324. The highest BCUT2D eigenvalue weighted by molar-refractivity contribution is 5.82. The maximum Gasteiger partial charge on any atom is 0.228 e. The van der Waals surface area contributed by atoms with Gasteiger partial charge in [-0.05, 0) is 12.3 Å². The van der Waals surface area contributed by atoms with Crippen molar-refractivity contribution < 1.29 is 9.59 Å². The van der Waals surface area contributed by atoms with Crippen molar-refractivity contribution in [2.75, 3.05) is 26.2 Å². The lowest BCUT2D eigenvalue weighted by molar-refractivity contribution is -0.145. The van der Waals surface area contributed by atoms with Crippen molar-refractivity contribution in [1.82, 2.24) is 9.80 Å². The molecular weight excluding hydrogens is 240 g/mol. The molecule has 0 unspecified atom stereocenters. The van der Waals surface area contributed by atoms with Crippen molar-refractivity contribution in [2.45, 2.75) is 47.5 Å². The number of carbonyl (C=O) groups excluding carboxylic acids is 2. The Morgan fingerprint density at radius 3 is 1.89 bits per heavy atom. The van der Waals surface area contributed by atoms with E-state index in [-0.39, 0.29) is 17.2 Å². The molecule has 1 aliphatic rings. The minimum Gasteiger partial charge on any atom is -0.339 e. The van der Waals surface area contributed by atoms with Gasteiger partial charge in [-0.15, -0.1) is 0 Å². The van der Waals surface area contributed by atoms with E-state index in [1.165, 1.54) is 0 Å². The van der Waals surface area contributed by atoms with Gasteiger partial charge in [0.15, 0.2) is 0 Å². The molecule has 0 aromatic carbocycles. The first-order valence-corrected chi connectivity index (χ1v) is 7.29. The van der Waals surface area contributed by atoms with E-state index in [0.717, 1.165) is 6.42 Å². The number of piperazine rings is 1. The second kappa shape index (κ2) is 6.40. The van der Waals surface area contributed by atoms with Gasteiger partial charge in [-0.1, -0.05) is 34.6 Å². The summed E-state index contributed by atoms with van der Waals surface area (Å²) in [6.07, 6.45) is 1.57. The van der Waals surface area contributed by atoms with Crippen LogP contribution in [-0.4, -0.2) is 47.8 Å². The monoisotopic (exact) mass is 268 g/mol. The van der Waals surface area contributed by atoms with E-state index in [2.05, 4.69) is 13.8 Å². The molecule has 110 valence electrons. The zero-order chi connectivity index (χ0) is 14.6. The van der Waals surface area contributed by atoms with E-state index >= 15 is 0 Å². The number of hydrogen-bond donors (Lipinski definition) is 0. The fourth-order valence-electron chi connectivity index (χ4n) is 2.20. The third-order valence-corrected chi connectivity index (χ3v) is 3.50. The average Bonchev–Trinajstić information content (AvgIpc) is 2.34. The lowest BCUT2D eigenvalue weighted by Crippen LogP contribution is -2.53. The third-order valence-electron chi connectivity index (χ3n) is 3.50. The summed E-state index contributed by atoms with van der Waals surface area (Å²) in [6.45, 7) is 12.8. The van der Waals surface area contributed by atoms with Crippen molar-refractivity contribution in [2.24, 2.45) is 11.3 Å². The van der Waals surface area contributed by atoms with E-state index in [0.29, 0.717) is 38.5 Å². The molecule has 0 aliphatic carbocycles. The number of carbonyl (C=O) groups is 2. The summed E-state index contributed by atoms with van der Waals surface area (Å²) in [5, 5.41) is 0. The number of hydrogen-bond acceptors (Lipinski definition) is 2. The Balaban J connectivity index is 2.41. The highest BCUT2D eigenvalue weighted by atomic mass is 16.2.